The van der Waals surface area contributed by atoms with Gasteiger partial charge in [0.1, 0.15) is 5.75 Å². The van der Waals surface area contributed by atoms with Gasteiger partial charge >= 0.3 is 6.18 Å². The molecule has 0 spiro atoms. The molecule has 27 heavy (non-hydrogen) atoms. The summed E-state index contributed by atoms with van der Waals surface area (Å²) < 4.78 is 43.4. The molecule has 0 saturated heterocycles. The summed E-state index contributed by atoms with van der Waals surface area (Å²) in [6.07, 6.45) is -4.35. The van der Waals surface area contributed by atoms with Crippen LogP contribution >= 0.6 is 15.9 Å². The van der Waals surface area contributed by atoms with Crippen molar-refractivity contribution in [1.82, 2.24) is 5.32 Å². The van der Waals surface area contributed by atoms with Crippen LogP contribution in [-0.4, -0.2) is 25.0 Å². The predicted octanol–water partition coefficient (Wildman–Crippen LogP) is 3.99. The summed E-state index contributed by atoms with van der Waals surface area (Å²) in [5.74, 6) is -0.598. The molecule has 144 valence electrons. The van der Waals surface area contributed by atoms with Gasteiger partial charge in [-0.15, -0.1) is 0 Å². The van der Waals surface area contributed by atoms with Gasteiger partial charge in [-0.25, -0.2) is 0 Å². The van der Waals surface area contributed by atoms with Crippen molar-refractivity contribution in [2.75, 3.05) is 18.5 Å². The van der Waals surface area contributed by atoms with E-state index in [1.165, 1.54) is 0 Å². The van der Waals surface area contributed by atoms with Crippen molar-refractivity contribution in [2.24, 2.45) is 0 Å². The molecule has 0 fully saturated rings. The van der Waals surface area contributed by atoms with Crippen LogP contribution in [0.3, 0.4) is 0 Å². The lowest BCUT2D eigenvalue weighted by atomic mass is 10.2. The van der Waals surface area contributed by atoms with Gasteiger partial charge in [-0.2, -0.15) is 13.2 Å². The van der Waals surface area contributed by atoms with Crippen LogP contribution in [-0.2, 0) is 15.8 Å². The van der Waals surface area contributed by atoms with Crippen LogP contribution < -0.4 is 15.4 Å². The third kappa shape index (κ3) is 7.30. The number of alkyl halides is 3. The summed E-state index contributed by atoms with van der Waals surface area (Å²) in [6.45, 7) is -0.253. The topological polar surface area (TPSA) is 67.4 Å². The number of halogens is 4. The zero-order valence-corrected chi connectivity index (χ0v) is 15.6. The number of amides is 2. The van der Waals surface area contributed by atoms with Gasteiger partial charge in [0.2, 0.25) is 5.91 Å². The molecular weight excluding hydrogens is 429 g/mol. The average Bonchev–Trinajstić information content (AvgIpc) is 2.61. The van der Waals surface area contributed by atoms with Crippen molar-refractivity contribution in [1.29, 1.82) is 0 Å². The number of benzene rings is 2. The van der Waals surface area contributed by atoms with E-state index in [9.17, 15) is 22.8 Å². The second-order valence-electron chi connectivity index (χ2n) is 5.47. The first kappa shape index (κ1) is 20.8. The Kier molecular flexibility index (Phi) is 7.23. The van der Waals surface area contributed by atoms with Gasteiger partial charge < -0.3 is 15.4 Å². The van der Waals surface area contributed by atoms with Crippen molar-refractivity contribution < 1.29 is 27.5 Å². The van der Waals surface area contributed by atoms with E-state index in [0.29, 0.717) is 5.69 Å². The predicted molar refractivity (Wildman–Crippen MR) is 97.3 cm³/mol. The Morgan fingerprint density at radius 3 is 2.19 bits per heavy atom. The Morgan fingerprint density at radius 2 is 1.59 bits per heavy atom. The second kappa shape index (κ2) is 9.40. The normalized spacial score (nSPS) is 11.0. The maximum atomic E-state index is 12.5. The van der Waals surface area contributed by atoms with E-state index in [4.69, 9.17) is 4.74 Å². The molecule has 2 rings (SSSR count). The van der Waals surface area contributed by atoms with Gasteiger partial charge in [0.05, 0.1) is 5.56 Å². The second-order valence-corrected chi connectivity index (χ2v) is 6.38. The summed E-state index contributed by atoms with van der Waals surface area (Å²) >= 11 is 3.29. The minimum atomic E-state index is -4.42. The number of carbonyl (C=O) groups excluding carboxylic acids is 2. The van der Waals surface area contributed by atoms with Crippen molar-refractivity contribution >= 4 is 33.4 Å². The van der Waals surface area contributed by atoms with E-state index in [-0.39, 0.29) is 31.2 Å². The van der Waals surface area contributed by atoms with E-state index < -0.39 is 17.6 Å². The fourth-order valence-corrected chi connectivity index (χ4v) is 2.28. The Labute approximate surface area is 162 Å². The van der Waals surface area contributed by atoms with E-state index in [0.717, 1.165) is 28.7 Å². The fourth-order valence-electron chi connectivity index (χ4n) is 2.01. The number of nitrogens with one attached hydrogen (secondary N) is 2. The van der Waals surface area contributed by atoms with Crippen molar-refractivity contribution in [3.05, 3.63) is 58.6 Å². The third-order valence-corrected chi connectivity index (χ3v) is 3.88. The molecule has 2 N–H and O–H groups in total. The SMILES string of the molecule is O=C(COc1ccc(C(F)(F)F)cc1)NCCC(=O)Nc1ccc(Br)cc1. The molecule has 0 aliphatic carbocycles. The summed E-state index contributed by atoms with van der Waals surface area (Å²) in [5.41, 5.74) is -0.156. The minimum Gasteiger partial charge on any atom is -0.484 e. The number of rotatable bonds is 7. The Bertz CT molecular complexity index is 778. The van der Waals surface area contributed by atoms with Crippen LogP contribution in [0.5, 0.6) is 5.75 Å². The van der Waals surface area contributed by atoms with Gasteiger partial charge in [0, 0.05) is 23.1 Å². The Hall–Kier alpha value is -2.55. The zero-order valence-electron chi connectivity index (χ0n) is 14.0. The monoisotopic (exact) mass is 444 g/mol. The van der Waals surface area contributed by atoms with E-state index in [1.54, 1.807) is 24.3 Å². The van der Waals surface area contributed by atoms with Gasteiger partial charge in [-0.05, 0) is 48.5 Å². The molecule has 0 saturated carbocycles. The maximum Gasteiger partial charge on any atom is 0.416 e. The molecule has 0 aliphatic rings. The van der Waals surface area contributed by atoms with E-state index in [2.05, 4.69) is 26.6 Å². The lowest BCUT2D eigenvalue weighted by molar-refractivity contribution is -0.137. The fraction of sp³-hybridized carbons (Fsp3) is 0.222. The van der Waals surface area contributed by atoms with Crippen LogP contribution in [0.2, 0.25) is 0 Å². The first-order chi connectivity index (χ1) is 12.7. The van der Waals surface area contributed by atoms with Crippen LogP contribution in [0.15, 0.2) is 53.0 Å². The number of ether oxygens (including phenoxy) is 1. The molecule has 0 aromatic heterocycles. The Morgan fingerprint density at radius 1 is 0.963 bits per heavy atom. The molecule has 0 aliphatic heterocycles. The lowest BCUT2D eigenvalue weighted by Crippen LogP contribution is -2.31. The molecule has 2 amide bonds. The molecule has 2 aromatic rings. The van der Waals surface area contributed by atoms with Gasteiger partial charge in [0.25, 0.3) is 5.91 Å². The molecule has 0 atom stereocenters. The number of anilines is 1. The summed E-state index contributed by atoms with van der Waals surface area (Å²) in [5, 5.41) is 5.19. The van der Waals surface area contributed by atoms with Gasteiger partial charge in [-0.3, -0.25) is 9.59 Å². The summed E-state index contributed by atoms with van der Waals surface area (Å²) in [6, 6.07) is 11.1. The quantitative estimate of drug-likeness (QED) is 0.678. The molecule has 2 aromatic carbocycles. The van der Waals surface area contributed by atoms with Gasteiger partial charge in [0.15, 0.2) is 6.61 Å². The third-order valence-electron chi connectivity index (χ3n) is 3.35. The molecule has 0 radical (unpaired) electrons. The number of hydrogen-bond acceptors (Lipinski definition) is 3. The van der Waals surface area contributed by atoms with Crippen LogP contribution in [0.1, 0.15) is 12.0 Å². The zero-order chi connectivity index (χ0) is 19.9. The number of hydrogen-bond donors (Lipinski definition) is 2. The standard InChI is InChI=1S/C18H16BrF3N2O3/c19-13-3-5-14(6-4-13)24-16(25)9-10-23-17(26)11-27-15-7-1-12(2-8-15)18(20,21)22/h1-8H,9-11H2,(H,23,26)(H,24,25). The number of carbonyl (C=O) groups is 2. The first-order valence-electron chi connectivity index (χ1n) is 7.86. The highest BCUT2D eigenvalue weighted by atomic mass is 79.9. The highest BCUT2D eigenvalue weighted by Crippen LogP contribution is 2.30. The maximum absolute atomic E-state index is 12.5. The van der Waals surface area contributed by atoms with E-state index in [1.807, 2.05) is 0 Å². The molecular formula is C18H16BrF3N2O3. The average molecular weight is 445 g/mol. The summed E-state index contributed by atoms with van der Waals surface area (Å²) in [7, 11) is 0. The molecule has 0 unspecified atom stereocenters. The van der Waals surface area contributed by atoms with Crippen LogP contribution in [0.25, 0.3) is 0 Å². The molecule has 0 bridgehead atoms. The smallest absolute Gasteiger partial charge is 0.416 e. The highest BCUT2D eigenvalue weighted by molar-refractivity contribution is 9.10. The first-order valence-corrected chi connectivity index (χ1v) is 8.65. The van der Waals surface area contributed by atoms with Gasteiger partial charge in [-0.1, -0.05) is 15.9 Å². The lowest BCUT2D eigenvalue weighted by Gasteiger charge is -2.10. The molecule has 5 nitrogen and oxygen atoms in total. The molecule has 9 heteroatoms. The van der Waals surface area contributed by atoms with E-state index >= 15 is 0 Å². The summed E-state index contributed by atoms with van der Waals surface area (Å²) in [4.78, 5) is 23.4. The molecule has 0 heterocycles. The Balaban J connectivity index is 1.67. The minimum absolute atomic E-state index is 0.0715. The van der Waals surface area contributed by atoms with Crippen LogP contribution in [0.4, 0.5) is 18.9 Å². The van der Waals surface area contributed by atoms with Crippen molar-refractivity contribution in [3.8, 4) is 5.75 Å². The highest BCUT2D eigenvalue weighted by Gasteiger charge is 2.30. The van der Waals surface area contributed by atoms with Crippen molar-refractivity contribution in [2.45, 2.75) is 12.6 Å². The largest absolute Gasteiger partial charge is 0.484 e. The van der Waals surface area contributed by atoms with Crippen LogP contribution in [0, 0.1) is 0 Å². The van der Waals surface area contributed by atoms with Crippen molar-refractivity contribution in [3.63, 3.8) is 0 Å².